The van der Waals surface area contributed by atoms with Crippen molar-refractivity contribution < 1.29 is 26.4 Å². The number of halogens is 2. The minimum Gasteiger partial charge on any atom is -0.497 e. The fourth-order valence-electron chi connectivity index (χ4n) is 3.67. The number of carbonyl (C=O) groups excluding carboxylic acids is 1. The summed E-state index contributed by atoms with van der Waals surface area (Å²) in [5, 5.41) is 5.75. The van der Waals surface area contributed by atoms with Gasteiger partial charge in [0.1, 0.15) is 5.75 Å². The molecule has 0 aromatic heterocycles. The lowest BCUT2D eigenvalue weighted by Crippen LogP contribution is -2.37. The Bertz CT molecular complexity index is 1740. The summed E-state index contributed by atoms with van der Waals surface area (Å²) in [6.45, 7) is 1.78. The molecule has 4 aromatic rings. The number of hydrogen-bond acceptors (Lipinski definition) is 6. The number of rotatable bonds is 8. The smallest absolute Gasteiger partial charge is 0.323 e. The molecule has 0 saturated heterocycles. The zero-order valence-corrected chi connectivity index (χ0v) is 24.3. The lowest BCUT2D eigenvalue weighted by Gasteiger charge is -2.25. The topological polar surface area (TPSA) is 122 Å². The molecule has 0 heterocycles. The maximum atomic E-state index is 13.8. The first kappa shape index (κ1) is 29.2. The highest BCUT2D eigenvalue weighted by atomic mass is 35.5. The van der Waals surface area contributed by atoms with Crippen LogP contribution in [-0.2, 0) is 20.0 Å². The standard InChI is InChI=1S/C27H23Cl2N3O6S2/c1-18-6-10-25(11-7-18)39(34,35)32(40(36,37)26-12-8-24(38-2)9-13-26)23-5-3-4-21(17-23)30-27(33)31-22-15-19(28)14-20(29)16-22/h3-17H,1-2H3,(H2,30,31,33). The van der Waals surface area contributed by atoms with Crippen molar-refractivity contribution in [3.63, 3.8) is 0 Å². The van der Waals surface area contributed by atoms with E-state index in [-0.39, 0.29) is 21.2 Å². The maximum absolute atomic E-state index is 13.8. The van der Waals surface area contributed by atoms with Crippen molar-refractivity contribution in [3.05, 3.63) is 107 Å². The lowest BCUT2D eigenvalue weighted by molar-refractivity contribution is 0.262. The van der Waals surface area contributed by atoms with Gasteiger partial charge in [-0.1, -0.05) is 47.0 Å². The van der Waals surface area contributed by atoms with Gasteiger partial charge in [-0.2, -0.15) is 3.71 Å². The average molecular weight is 621 g/mol. The van der Waals surface area contributed by atoms with E-state index in [0.717, 1.165) is 5.56 Å². The molecule has 0 atom stereocenters. The van der Waals surface area contributed by atoms with Gasteiger partial charge in [0, 0.05) is 21.4 Å². The van der Waals surface area contributed by atoms with Crippen LogP contribution in [0.25, 0.3) is 0 Å². The van der Waals surface area contributed by atoms with Crippen molar-refractivity contribution in [1.82, 2.24) is 0 Å². The van der Waals surface area contributed by atoms with Crippen LogP contribution < -0.4 is 19.1 Å². The van der Waals surface area contributed by atoms with Gasteiger partial charge in [0.2, 0.25) is 0 Å². The second-order valence-corrected chi connectivity index (χ2v) is 13.2. The Morgan fingerprint density at radius 2 is 1.25 bits per heavy atom. The first-order valence-electron chi connectivity index (χ1n) is 11.6. The predicted molar refractivity (Wildman–Crippen MR) is 157 cm³/mol. The summed E-state index contributed by atoms with van der Waals surface area (Å²) in [4.78, 5) is 12.1. The molecular weight excluding hydrogens is 597 g/mol. The number of anilines is 3. The summed E-state index contributed by atoms with van der Waals surface area (Å²) >= 11 is 12.0. The molecule has 0 saturated carbocycles. The third-order valence-electron chi connectivity index (χ3n) is 5.55. The Hall–Kier alpha value is -3.77. The van der Waals surface area contributed by atoms with Crippen LogP contribution in [0.2, 0.25) is 10.0 Å². The Kier molecular flexibility index (Phi) is 8.59. The SMILES string of the molecule is COc1ccc(S(=O)(=O)N(c2cccc(NC(=O)Nc3cc(Cl)cc(Cl)c3)c2)S(=O)(=O)c2ccc(C)cc2)cc1. The van der Waals surface area contributed by atoms with Crippen LogP contribution in [0.5, 0.6) is 5.75 Å². The molecular formula is C27H23Cl2N3O6S2. The monoisotopic (exact) mass is 619 g/mol. The average Bonchev–Trinajstić information content (AvgIpc) is 2.88. The Morgan fingerprint density at radius 3 is 1.80 bits per heavy atom. The molecule has 4 aromatic carbocycles. The second-order valence-electron chi connectivity index (χ2n) is 8.48. The molecule has 0 unspecified atom stereocenters. The highest BCUT2D eigenvalue weighted by molar-refractivity contribution is 8.10. The number of carbonyl (C=O) groups is 1. The number of aryl methyl sites for hydroxylation is 1. The van der Waals surface area contributed by atoms with Crippen molar-refractivity contribution in [2.45, 2.75) is 16.7 Å². The van der Waals surface area contributed by atoms with Crippen molar-refractivity contribution in [2.24, 2.45) is 0 Å². The molecule has 0 aliphatic rings. The number of ether oxygens (including phenoxy) is 1. The van der Waals surface area contributed by atoms with Gasteiger partial charge in [0.05, 0.1) is 22.6 Å². The van der Waals surface area contributed by atoms with Crippen LogP contribution in [0.15, 0.2) is 101 Å². The van der Waals surface area contributed by atoms with E-state index in [1.165, 1.54) is 86.0 Å². The largest absolute Gasteiger partial charge is 0.497 e. The van der Waals surface area contributed by atoms with Crippen LogP contribution in [0.3, 0.4) is 0 Å². The van der Waals surface area contributed by atoms with E-state index in [9.17, 15) is 21.6 Å². The number of sulfonamides is 2. The molecule has 13 heteroatoms. The molecule has 208 valence electrons. The van der Waals surface area contributed by atoms with Crippen molar-refractivity contribution in [3.8, 4) is 5.75 Å². The van der Waals surface area contributed by atoms with Gasteiger partial charge in [-0.05, 0) is 79.7 Å². The number of amides is 2. The van der Waals surface area contributed by atoms with Gasteiger partial charge in [0.15, 0.2) is 0 Å². The van der Waals surface area contributed by atoms with Gasteiger partial charge in [0.25, 0.3) is 20.0 Å². The van der Waals surface area contributed by atoms with Crippen LogP contribution in [-0.4, -0.2) is 30.0 Å². The number of nitrogens with one attached hydrogen (secondary N) is 2. The normalized spacial score (nSPS) is 11.5. The van der Waals surface area contributed by atoms with Crippen molar-refractivity contribution in [1.29, 1.82) is 0 Å². The van der Waals surface area contributed by atoms with Crippen LogP contribution in [0.4, 0.5) is 21.9 Å². The van der Waals surface area contributed by atoms with Gasteiger partial charge >= 0.3 is 6.03 Å². The van der Waals surface area contributed by atoms with E-state index in [2.05, 4.69) is 10.6 Å². The number of nitrogens with zero attached hydrogens (tertiary/aromatic N) is 1. The summed E-state index contributed by atoms with van der Waals surface area (Å²) in [6.07, 6.45) is 0. The van der Waals surface area contributed by atoms with Crippen LogP contribution in [0.1, 0.15) is 5.56 Å². The van der Waals surface area contributed by atoms with E-state index in [1.54, 1.807) is 19.1 Å². The number of methoxy groups -OCH3 is 1. The van der Waals surface area contributed by atoms with Crippen LogP contribution >= 0.6 is 23.2 Å². The molecule has 2 N–H and O–H groups in total. The number of urea groups is 1. The molecule has 40 heavy (non-hydrogen) atoms. The molecule has 0 bridgehead atoms. The van der Waals surface area contributed by atoms with Gasteiger partial charge in [-0.15, -0.1) is 0 Å². The van der Waals surface area contributed by atoms with Crippen molar-refractivity contribution >= 4 is 66.3 Å². The summed E-state index contributed by atoms with van der Waals surface area (Å²) in [7, 11) is -7.88. The molecule has 0 aliphatic heterocycles. The van der Waals surface area contributed by atoms with Gasteiger partial charge < -0.3 is 15.4 Å². The van der Waals surface area contributed by atoms with E-state index >= 15 is 0 Å². The molecule has 0 radical (unpaired) electrons. The molecule has 0 aliphatic carbocycles. The zero-order valence-electron chi connectivity index (χ0n) is 21.1. The molecule has 2 amide bonds. The highest BCUT2D eigenvalue weighted by Gasteiger charge is 2.37. The minimum atomic E-state index is -4.67. The van der Waals surface area contributed by atoms with Crippen molar-refractivity contribution in [2.75, 3.05) is 21.5 Å². The third kappa shape index (κ3) is 6.50. The lowest BCUT2D eigenvalue weighted by atomic mass is 10.2. The first-order valence-corrected chi connectivity index (χ1v) is 15.2. The molecule has 4 rings (SSSR count). The highest BCUT2D eigenvalue weighted by Crippen LogP contribution is 2.33. The van der Waals surface area contributed by atoms with Gasteiger partial charge in [-0.3, -0.25) is 0 Å². The fourth-order valence-corrected chi connectivity index (χ4v) is 7.87. The van der Waals surface area contributed by atoms with E-state index in [1.807, 2.05) is 0 Å². The summed E-state index contributed by atoms with van der Waals surface area (Å²) in [6, 6.07) is 20.3. The van der Waals surface area contributed by atoms with E-state index in [4.69, 9.17) is 27.9 Å². The van der Waals surface area contributed by atoms with E-state index in [0.29, 0.717) is 25.2 Å². The van der Waals surface area contributed by atoms with Gasteiger partial charge in [-0.25, -0.2) is 21.6 Å². The Balaban J connectivity index is 1.75. The molecule has 9 nitrogen and oxygen atoms in total. The molecule has 0 fully saturated rings. The minimum absolute atomic E-state index is 0.122. The summed E-state index contributed by atoms with van der Waals surface area (Å²) < 4.78 is 60.8. The van der Waals surface area contributed by atoms with Crippen LogP contribution in [0, 0.1) is 6.92 Å². The fraction of sp³-hybridized carbons (Fsp3) is 0.0741. The number of hydrogen-bond donors (Lipinski definition) is 2. The quantitative estimate of drug-likeness (QED) is 0.231. The number of benzene rings is 4. The first-order chi connectivity index (χ1) is 18.9. The Labute approximate surface area is 242 Å². The maximum Gasteiger partial charge on any atom is 0.323 e. The summed E-state index contributed by atoms with van der Waals surface area (Å²) in [5.41, 5.74) is 1.01. The Morgan fingerprint density at radius 1 is 0.725 bits per heavy atom. The predicted octanol–water partition coefficient (Wildman–Crippen LogP) is 6.54. The third-order valence-corrected chi connectivity index (χ3v) is 10.2. The van der Waals surface area contributed by atoms with E-state index < -0.39 is 26.1 Å². The second kappa shape index (κ2) is 11.8. The zero-order chi connectivity index (χ0) is 29.1. The summed E-state index contributed by atoms with van der Waals surface area (Å²) in [5.74, 6) is 0.394. The molecule has 0 spiro atoms.